The van der Waals surface area contributed by atoms with E-state index in [4.69, 9.17) is 0 Å². The molecular weight excluding hydrogens is 200 g/mol. The van der Waals surface area contributed by atoms with Gasteiger partial charge in [0.2, 0.25) is 0 Å². The van der Waals surface area contributed by atoms with Gasteiger partial charge in [0.05, 0.1) is 5.57 Å². The van der Waals surface area contributed by atoms with Crippen LogP contribution < -0.4 is 0 Å². The minimum Gasteiger partial charge on any atom is -0.289 e. The Morgan fingerprint density at radius 2 is 1.50 bits per heavy atom. The fourth-order valence-electron chi connectivity index (χ4n) is 1.44. The highest BCUT2D eigenvalue weighted by molar-refractivity contribution is 6.33. The van der Waals surface area contributed by atoms with Crippen molar-refractivity contribution in [3.8, 4) is 0 Å². The smallest absolute Gasteiger partial charge is 0.189 e. The molecule has 0 radical (unpaired) electrons. The zero-order valence-corrected chi connectivity index (χ0v) is 8.59. The molecule has 0 N–H and O–H groups in total. The zero-order chi connectivity index (χ0) is 11.4. The summed E-state index contributed by atoms with van der Waals surface area (Å²) >= 11 is 0. The molecule has 0 heterocycles. The first kappa shape index (κ1) is 10.3. The first-order valence-corrected chi connectivity index (χ1v) is 4.97. The number of carbonyl (C=O) groups is 2. The molecule has 0 unspecified atom stereocenters. The molecule has 16 heavy (non-hydrogen) atoms. The Balaban J connectivity index is 2.13. The first-order chi connectivity index (χ1) is 7.77. The highest BCUT2D eigenvalue weighted by atomic mass is 16.2. The maximum atomic E-state index is 11.2. The summed E-state index contributed by atoms with van der Waals surface area (Å²) in [4.78, 5) is 22.4. The van der Waals surface area contributed by atoms with Gasteiger partial charge in [0.25, 0.3) is 0 Å². The molecule has 0 aliphatic heterocycles. The fourth-order valence-corrected chi connectivity index (χ4v) is 1.44. The number of hydrogen-bond donors (Lipinski definition) is 0. The SMILES string of the molecule is O=C1C=CC(=O)C1=C/C=C\c1ccccc1. The van der Waals surface area contributed by atoms with Crippen molar-refractivity contribution in [2.45, 2.75) is 0 Å². The van der Waals surface area contributed by atoms with Crippen LogP contribution >= 0.6 is 0 Å². The van der Waals surface area contributed by atoms with Gasteiger partial charge < -0.3 is 0 Å². The molecule has 2 rings (SSSR count). The maximum absolute atomic E-state index is 11.2. The summed E-state index contributed by atoms with van der Waals surface area (Å²) in [5, 5.41) is 0. The monoisotopic (exact) mass is 210 g/mol. The van der Waals surface area contributed by atoms with E-state index in [1.54, 1.807) is 12.2 Å². The molecule has 1 aromatic carbocycles. The molecule has 0 bridgehead atoms. The zero-order valence-electron chi connectivity index (χ0n) is 8.59. The molecule has 0 saturated carbocycles. The van der Waals surface area contributed by atoms with E-state index < -0.39 is 0 Å². The molecule has 0 amide bonds. The molecule has 1 aliphatic carbocycles. The Morgan fingerprint density at radius 1 is 0.875 bits per heavy atom. The van der Waals surface area contributed by atoms with Gasteiger partial charge in [-0.2, -0.15) is 0 Å². The number of allylic oxidation sites excluding steroid dienone is 5. The summed E-state index contributed by atoms with van der Waals surface area (Å²) in [6.07, 6.45) is 7.71. The van der Waals surface area contributed by atoms with Crippen molar-refractivity contribution >= 4 is 17.6 Å². The normalized spacial score (nSPS) is 15.1. The number of benzene rings is 1. The average Bonchev–Trinajstić information content (AvgIpc) is 2.62. The van der Waals surface area contributed by atoms with E-state index in [2.05, 4.69) is 0 Å². The molecule has 0 aromatic heterocycles. The van der Waals surface area contributed by atoms with Crippen LogP contribution in [-0.2, 0) is 9.59 Å². The van der Waals surface area contributed by atoms with Gasteiger partial charge in [-0.15, -0.1) is 0 Å². The van der Waals surface area contributed by atoms with Crippen LogP contribution in [0.15, 0.2) is 60.2 Å². The number of ketones is 2. The van der Waals surface area contributed by atoms with Gasteiger partial charge in [-0.1, -0.05) is 42.5 Å². The summed E-state index contributed by atoms with van der Waals surface area (Å²) in [5.74, 6) is -0.439. The molecule has 78 valence electrons. The van der Waals surface area contributed by atoms with Crippen molar-refractivity contribution in [2.75, 3.05) is 0 Å². The first-order valence-electron chi connectivity index (χ1n) is 4.97. The van der Waals surface area contributed by atoms with Crippen molar-refractivity contribution in [1.82, 2.24) is 0 Å². The van der Waals surface area contributed by atoms with Crippen LogP contribution in [0.4, 0.5) is 0 Å². The largest absolute Gasteiger partial charge is 0.289 e. The summed E-state index contributed by atoms with van der Waals surface area (Å²) in [7, 11) is 0. The standard InChI is InChI=1S/C14H10O2/c15-13-9-10-14(16)12(13)8-4-7-11-5-2-1-3-6-11/h1-10H/b7-4-. The van der Waals surface area contributed by atoms with Gasteiger partial charge in [0, 0.05) is 0 Å². The second-order valence-electron chi connectivity index (χ2n) is 3.41. The molecule has 2 nitrogen and oxygen atoms in total. The number of hydrogen-bond acceptors (Lipinski definition) is 2. The van der Waals surface area contributed by atoms with E-state index in [1.807, 2.05) is 36.4 Å². The summed E-state index contributed by atoms with van der Waals surface area (Å²) in [6.45, 7) is 0. The molecule has 0 saturated heterocycles. The quantitative estimate of drug-likeness (QED) is 0.554. The second-order valence-corrected chi connectivity index (χ2v) is 3.41. The van der Waals surface area contributed by atoms with Crippen molar-refractivity contribution in [1.29, 1.82) is 0 Å². The van der Waals surface area contributed by atoms with Crippen molar-refractivity contribution in [3.05, 3.63) is 65.8 Å². The molecule has 2 heteroatoms. The van der Waals surface area contributed by atoms with Gasteiger partial charge in [0.1, 0.15) is 0 Å². The van der Waals surface area contributed by atoms with E-state index in [-0.39, 0.29) is 17.1 Å². The highest BCUT2D eigenvalue weighted by Crippen LogP contribution is 2.10. The second kappa shape index (κ2) is 4.53. The van der Waals surface area contributed by atoms with E-state index in [0.29, 0.717) is 0 Å². The Bertz CT molecular complexity index is 485. The predicted molar refractivity (Wildman–Crippen MR) is 62.7 cm³/mol. The molecule has 0 spiro atoms. The summed E-state index contributed by atoms with van der Waals surface area (Å²) in [5.41, 5.74) is 1.26. The Kier molecular flexibility index (Phi) is 2.92. The van der Waals surface area contributed by atoms with Gasteiger partial charge in [-0.25, -0.2) is 0 Å². The molecule has 0 fully saturated rings. The minimum atomic E-state index is -0.220. The summed E-state index contributed by atoms with van der Waals surface area (Å²) < 4.78 is 0. The minimum absolute atomic E-state index is 0.220. The lowest BCUT2D eigenvalue weighted by molar-refractivity contribution is -0.115. The Hall–Kier alpha value is -2.22. The molecular formula is C14H10O2. The van der Waals surface area contributed by atoms with Gasteiger partial charge in [0.15, 0.2) is 11.6 Å². The van der Waals surface area contributed by atoms with Crippen molar-refractivity contribution in [2.24, 2.45) is 0 Å². The van der Waals surface area contributed by atoms with Gasteiger partial charge in [-0.05, 0) is 23.8 Å². The Labute approximate surface area is 93.6 Å². The van der Waals surface area contributed by atoms with Crippen LogP contribution in [0.2, 0.25) is 0 Å². The van der Waals surface area contributed by atoms with Crippen LogP contribution in [0, 0.1) is 0 Å². The van der Waals surface area contributed by atoms with Crippen LogP contribution in [0.25, 0.3) is 6.08 Å². The summed E-state index contributed by atoms with van der Waals surface area (Å²) in [6, 6.07) is 9.70. The van der Waals surface area contributed by atoms with E-state index in [9.17, 15) is 9.59 Å². The third-order valence-corrected chi connectivity index (χ3v) is 2.27. The Morgan fingerprint density at radius 3 is 2.12 bits per heavy atom. The highest BCUT2D eigenvalue weighted by Gasteiger charge is 2.18. The van der Waals surface area contributed by atoms with Gasteiger partial charge in [-0.3, -0.25) is 9.59 Å². The van der Waals surface area contributed by atoms with E-state index >= 15 is 0 Å². The third-order valence-electron chi connectivity index (χ3n) is 2.27. The average molecular weight is 210 g/mol. The predicted octanol–water partition coefficient (Wildman–Crippen LogP) is 2.33. The van der Waals surface area contributed by atoms with Crippen molar-refractivity contribution < 1.29 is 9.59 Å². The van der Waals surface area contributed by atoms with Crippen LogP contribution in [-0.4, -0.2) is 11.6 Å². The lowest BCUT2D eigenvalue weighted by atomic mass is 10.1. The number of carbonyl (C=O) groups excluding carboxylic acids is 2. The third kappa shape index (κ3) is 2.23. The van der Waals surface area contributed by atoms with Crippen molar-refractivity contribution in [3.63, 3.8) is 0 Å². The molecule has 1 aromatic rings. The van der Waals surface area contributed by atoms with Gasteiger partial charge >= 0.3 is 0 Å². The van der Waals surface area contributed by atoms with E-state index in [1.165, 1.54) is 12.2 Å². The van der Waals surface area contributed by atoms with Crippen LogP contribution in [0.5, 0.6) is 0 Å². The number of rotatable bonds is 2. The maximum Gasteiger partial charge on any atom is 0.189 e. The van der Waals surface area contributed by atoms with E-state index in [0.717, 1.165) is 5.56 Å². The molecule has 0 atom stereocenters. The lowest BCUT2D eigenvalue weighted by Crippen LogP contribution is -1.99. The lowest BCUT2D eigenvalue weighted by Gasteiger charge is -1.91. The van der Waals surface area contributed by atoms with Crippen LogP contribution in [0.3, 0.4) is 0 Å². The topological polar surface area (TPSA) is 34.1 Å². The fraction of sp³-hybridized carbons (Fsp3) is 0. The molecule has 1 aliphatic rings. The van der Waals surface area contributed by atoms with Crippen LogP contribution in [0.1, 0.15) is 5.56 Å².